The van der Waals surface area contributed by atoms with Crippen LogP contribution in [0.15, 0.2) is 42.7 Å². The number of hydrogen-bond acceptors (Lipinski definition) is 5. The topological polar surface area (TPSA) is 60.7 Å². The standard InChI is InChI=1S/C21H19F3N4O2/c1-11(12-5-4-6-13(18(12)22)19(23)24)26-20-14-9-16(29-2)17(30-3)10-15(14)28-8-7-25-21(28)27-20/h4-11,19H,1-3H3,(H,25,26,27)/t11-/m1/s1. The second-order valence-electron chi connectivity index (χ2n) is 6.70. The maximum atomic E-state index is 14.6. The van der Waals surface area contributed by atoms with Crippen LogP contribution in [0.2, 0.25) is 0 Å². The lowest BCUT2D eigenvalue weighted by Gasteiger charge is -2.19. The summed E-state index contributed by atoms with van der Waals surface area (Å²) in [5.74, 6) is 0.928. The molecule has 0 aliphatic carbocycles. The fourth-order valence-corrected chi connectivity index (χ4v) is 3.45. The maximum Gasteiger partial charge on any atom is 0.266 e. The first-order valence-corrected chi connectivity index (χ1v) is 9.16. The van der Waals surface area contributed by atoms with Crippen molar-refractivity contribution in [1.29, 1.82) is 0 Å². The highest BCUT2D eigenvalue weighted by Crippen LogP contribution is 2.36. The molecule has 2 heterocycles. The molecule has 0 saturated heterocycles. The van der Waals surface area contributed by atoms with Crippen LogP contribution in [0, 0.1) is 5.82 Å². The van der Waals surface area contributed by atoms with Crippen molar-refractivity contribution >= 4 is 22.5 Å². The number of nitrogens with zero attached hydrogens (tertiary/aromatic N) is 3. The molecule has 30 heavy (non-hydrogen) atoms. The zero-order valence-corrected chi connectivity index (χ0v) is 16.5. The Hall–Kier alpha value is -3.49. The number of ether oxygens (including phenoxy) is 2. The third kappa shape index (κ3) is 3.26. The Labute approximate surface area is 170 Å². The number of aromatic nitrogens is 3. The van der Waals surface area contributed by atoms with Crippen LogP contribution in [0.1, 0.15) is 30.5 Å². The van der Waals surface area contributed by atoms with Gasteiger partial charge in [0, 0.05) is 29.4 Å². The van der Waals surface area contributed by atoms with E-state index in [0.29, 0.717) is 28.5 Å². The number of benzene rings is 2. The number of hydrogen-bond donors (Lipinski definition) is 1. The van der Waals surface area contributed by atoms with E-state index >= 15 is 0 Å². The van der Waals surface area contributed by atoms with Crippen LogP contribution in [0.4, 0.5) is 19.0 Å². The minimum Gasteiger partial charge on any atom is -0.493 e. The lowest BCUT2D eigenvalue weighted by Crippen LogP contribution is -2.12. The van der Waals surface area contributed by atoms with Gasteiger partial charge in [-0.3, -0.25) is 4.40 Å². The Bertz CT molecular complexity index is 1230. The van der Waals surface area contributed by atoms with Gasteiger partial charge in [0.1, 0.15) is 11.6 Å². The van der Waals surface area contributed by atoms with Gasteiger partial charge in [0.2, 0.25) is 5.78 Å². The van der Waals surface area contributed by atoms with E-state index in [1.807, 2.05) is 0 Å². The highest BCUT2D eigenvalue weighted by Gasteiger charge is 2.21. The van der Waals surface area contributed by atoms with Crippen molar-refractivity contribution in [3.05, 3.63) is 59.7 Å². The minimum absolute atomic E-state index is 0.117. The molecule has 0 bridgehead atoms. The van der Waals surface area contributed by atoms with Crippen LogP contribution in [0.3, 0.4) is 0 Å². The lowest BCUT2D eigenvalue weighted by molar-refractivity contribution is 0.146. The highest BCUT2D eigenvalue weighted by molar-refractivity contribution is 5.93. The Morgan fingerprint density at radius 2 is 1.77 bits per heavy atom. The van der Waals surface area contributed by atoms with Gasteiger partial charge in [-0.2, -0.15) is 4.98 Å². The van der Waals surface area contributed by atoms with Crippen LogP contribution >= 0.6 is 0 Å². The number of nitrogens with one attached hydrogen (secondary N) is 1. The monoisotopic (exact) mass is 416 g/mol. The molecule has 0 fully saturated rings. The van der Waals surface area contributed by atoms with Gasteiger partial charge in [-0.25, -0.2) is 18.2 Å². The molecule has 6 nitrogen and oxygen atoms in total. The van der Waals surface area contributed by atoms with Gasteiger partial charge in [-0.1, -0.05) is 18.2 Å². The molecule has 4 aromatic rings. The van der Waals surface area contributed by atoms with Crippen molar-refractivity contribution in [2.45, 2.75) is 19.4 Å². The summed E-state index contributed by atoms with van der Waals surface area (Å²) in [6.45, 7) is 1.68. The number of imidazole rings is 1. The number of anilines is 1. The van der Waals surface area contributed by atoms with Crippen molar-refractivity contribution < 1.29 is 22.6 Å². The highest BCUT2D eigenvalue weighted by atomic mass is 19.3. The van der Waals surface area contributed by atoms with Gasteiger partial charge in [0.25, 0.3) is 6.43 Å². The summed E-state index contributed by atoms with van der Waals surface area (Å²) in [7, 11) is 3.06. The van der Waals surface area contributed by atoms with Crippen molar-refractivity contribution in [1.82, 2.24) is 14.4 Å². The van der Waals surface area contributed by atoms with E-state index in [1.54, 1.807) is 35.9 Å². The molecule has 2 aromatic carbocycles. The third-order valence-corrected chi connectivity index (χ3v) is 4.96. The average molecular weight is 416 g/mol. The zero-order valence-electron chi connectivity index (χ0n) is 16.5. The summed E-state index contributed by atoms with van der Waals surface area (Å²) in [6.07, 6.45) is 0.474. The molecular weight excluding hydrogens is 397 g/mol. The smallest absolute Gasteiger partial charge is 0.266 e. The van der Waals surface area contributed by atoms with Gasteiger partial charge < -0.3 is 14.8 Å². The van der Waals surface area contributed by atoms with E-state index in [2.05, 4.69) is 15.3 Å². The first kappa shape index (κ1) is 19.8. The van der Waals surface area contributed by atoms with Crippen LogP contribution < -0.4 is 14.8 Å². The molecular formula is C21H19F3N4O2. The molecule has 156 valence electrons. The Kier molecular flexibility index (Phi) is 5.11. The zero-order chi connectivity index (χ0) is 21.4. The number of methoxy groups -OCH3 is 2. The summed E-state index contributed by atoms with van der Waals surface area (Å²) in [6, 6.07) is 6.87. The first-order chi connectivity index (χ1) is 14.4. The summed E-state index contributed by atoms with van der Waals surface area (Å²) in [4.78, 5) is 8.75. The van der Waals surface area contributed by atoms with E-state index in [4.69, 9.17) is 9.47 Å². The molecule has 1 N–H and O–H groups in total. The summed E-state index contributed by atoms with van der Waals surface area (Å²) >= 11 is 0. The average Bonchev–Trinajstić information content (AvgIpc) is 3.21. The molecule has 2 aromatic heterocycles. The molecule has 0 radical (unpaired) electrons. The minimum atomic E-state index is -2.89. The van der Waals surface area contributed by atoms with Gasteiger partial charge in [0.15, 0.2) is 11.5 Å². The van der Waals surface area contributed by atoms with Gasteiger partial charge in [0.05, 0.1) is 31.3 Å². The van der Waals surface area contributed by atoms with Crippen molar-refractivity contribution in [3.63, 3.8) is 0 Å². The third-order valence-electron chi connectivity index (χ3n) is 4.96. The van der Waals surface area contributed by atoms with Crippen LogP contribution in [0.25, 0.3) is 16.7 Å². The second kappa shape index (κ2) is 7.74. The van der Waals surface area contributed by atoms with Crippen LogP contribution in [-0.4, -0.2) is 28.6 Å². The fourth-order valence-electron chi connectivity index (χ4n) is 3.45. The summed E-state index contributed by atoms with van der Waals surface area (Å²) < 4.78 is 53.4. The van der Waals surface area contributed by atoms with Crippen LogP contribution in [-0.2, 0) is 0 Å². The SMILES string of the molecule is COc1cc2c(N[C@H](C)c3cccc(C(F)F)c3F)nc3nccn3c2cc1OC. The predicted molar refractivity (Wildman–Crippen MR) is 107 cm³/mol. The Morgan fingerprint density at radius 3 is 2.47 bits per heavy atom. The molecule has 0 aliphatic rings. The molecule has 0 amide bonds. The molecule has 4 rings (SSSR count). The molecule has 0 unspecified atom stereocenters. The number of halogens is 3. The quantitative estimate of drug-likeness (QED) is 0.471. The van der Waals surface area contributed by atoms with Crippen LogP contribution in [0.5, 0.6) is 11.5 Å². The first-order valence-electron chi connectivity index (χ1n) is 9.16. The number of fused-ring (bicyclic) bond motifs is 3. The normalized spacial score (nSPS) is 12.5. The molecule has 0 saturated carbocycles. The van der Waals surface area contributed by atoms with Gasteiger partial charge >= 0.3 is 0 Å². The molecule has 0 aliphatic heterocycles. The van der Waals surface area contributed by atoms with Gasteiger partial charge in [-0.15, -0.1) is 0 Å². The largest absolute Gasteiger partial charge is 0.493 e. The van der Waals surface area contributed by atoms with Crippen molar-refractivity contribution in [2.24, 2.45) is 0 Å². The predicted octanol–water partition coefficient (Wildman–Crippen LogP) is 5.15. The summed E-state index contributed by atoms with van der Waals surface area (Å²) in [5.41, 5.74) is 0.229. The van der Waals surface area contributed by atoms with Gasteiger partial charge in [-0.05, 0) is 13.0 Å². The summed E-state index contributed by atoms with van der Waals surface area (Å²) in [5, 5.41) is 3.81. The van der Waals surface area contributed by atoms with E-state index in [9.17, 15) is 13.2 Å². The second-order valence-corrected chi connectivity index (χ2v) is 6.70. The fraction of sp³-hybridized carbons (Fsp3) is 0.238. The number of rotatable bonds is 6. The maximum absolute atomic E-state index is 14.6. The Balaban J connectivity index is 1.85. The van der Waals surface area contributed by atoms with E-state index < -0.39 is 23.8 Å². The number of alkyl halides is 2. The Morgan fingerprint density at radius 1 is 1.07 bits per heavy atom. The lowest BCUT2D eigenvalue weighted by atomic mass is 10.0. The van der Waals surface area contributed by atoms with E-state index in [0.717, 1.165) is 11.6 Å². The van der Waals surface area contributed by atoms with Crippen molar-refractivity contribution in [2.75, 3.05) is 19.5 Å². The van der Waals surface area contributed by atoms with E-state index in [1.165, 1.54) is 26.4 Å². The molecule has 0 spiro atoms. The van der Waals surface area contributed by atoms with Crippen molar-refractivity contribution in [3.8, 4) is 11.5 Å². The molecule has 1 atom stereocenters. The van der Waals surface area contributed by atoms with E-state index in [-0.39, 0.29) is 5.56 Å². The molecule has 9 heteroatoms.